The third-order valence-corrected chi connectivity index (χ3v) is 3.98. The summed E-state index contributed by atoms with van der Waals surface area (Å²) in [6.07, 6.45) is 1.42. The number of hydrogen-bond donors (Lipinski definition) is 1. The number of amides is 1. The van der Waals surface area contributed by atoms with Crippen LogP contribution in [0.15, 0.2) is 12.1 Å². The molecule has 1 atom stereocenters. The second kappa shape index (κ2) is 7.21. The number of rotatable bonds is 6. The molecule has 1 unspecified atom stereocenters. The van der Waals surface area contributed by atoms with Gasteiger partial charge in [-0.2, -0.15) is 0 Å². The van der Waals surface area contributed by atoms with Gasteiger partial charge in [0.1, 0.15) is 5.75 Å². The smallest absolute Gasteiger partial charge is 0.305 e. The van der Waals surface area contributed by atoms with E-state index in [2.05, 4.69) is 0 Å². The lowest BCUT2D eigenvalue weighted by molar-refractivity contribution is -0.137. The van der Waals surface area contributed by atoms with Gasteiger partial charge >= 0.3 is 5.97 Å². The minimum absolute atomic E-state index is 0.0542. The Hall–Kier alpha value is -2.44. The van der Waals surface area contributed by atoms with Crippen LogP contribution in [0.1, 0.15) is 29.6 Å². The second-order valence-electron chi connectivity index (χ2n) is 5.30. The van der Waals surface area contributed by atoms with Gasteiger partial charge in [-0.05, 0) is 12.8 Å². The lowest BCUT2D eigenvalue weighted by Gasteiger charge is -2.25. The SMILES string of the molecule is COc1cc(OC)c(C(=O)N2CCCC2CC(=O)O)cc1OC. The van der Waals surface area contributed by atoms with E-state index in [0.29, 0.717) is 35.8 Å². The van der Waals surface area contributed by atoms with Crippen molar-refractivity contribution in [3.05, 3.63) is 17.7 Å². The zero-order valence-corrected chi connectivity index (χ0v) is 13.5. The van der Waals surface area contributed by atoms with E-state index < -0.39 is 5.97 Å². The molecule has 2 rings (SSSR count). The van der Waals surface area contributed by atoms with Crippen LogP contribution in [-0.2, 0) is 4.79 Å². The number of carboxylic acid groups (broad SMARTS) is 1. The lowest BCUT2D eigenvalue weighted by Crippen LogP contribution is -2.37. The summed E-state index contributed by atoms with van der Waals surface area (Å²) < 4.78 is 15.7. The third-order valence-electron chi connectivity index (χ3n) is 3.98. The normalized spacial score (nSPS) is 17.0. The number of ether oxygens (including phenoxy) is 3. The van der Waals surface area contributed by atoms with Crippen LogP contribution in [0.25, 0.3) is 0 Å². The summed E-state index contributed by atoms with van der Waals surface area (Å²) in [5.41, 5.74) is 0.336. The van der Waals surface area contributed by atoms with Crippen LogP contribution >= 0.6 is 0 Å². The monoisotopic (exact) mass is 323 g/mol. The van der Waals surface area contributed by atoms with Crippen molar-refractivity contribution < 1.29 is 28.9 Å². The third kappa shape index (κ3) is 3.49. The highest BCUT2D eigenvalue weighted by atomic mass is 16.5. The first kappa shape index (κ1) is 16.9. The summed E-state index contributed by atoms with van der Waals surface area (Å²) >= 11 is 0. The average Bonchev–Trinajstić information content (AvgIpc) is 2.99. The fourth-order valence-corrected chi connectivity index (χ4v) is 2.87. The van der Waals surface area contributed by atoms with Crippen LogP contribution in [0, 0.1) is 0 Å². The molecule has 1 N–H and O–H groups in total. The van der Waals surface area contributed by atoms with E-state index in [4.69, 9.17) is 19.3 Å². The molecule has 126 valence electrons. The number of carboxylic acids is 1. The molecular formula is C16H21NO6. The number of aliphatic carboxylic acids is 1. The predicted octanol–water partition coefficient (Wildman–Crippen LogP) is 1.79. The molecule has 0 radical (unpaired) electrons. The Morgan fingerprint density at radius 1 is 1.13 bits per heavy atom. The van der Waals surface area contributed by atoms with Crippen LogP contribution in [0.3, 0.4) is 0 Å². The first-order valence-corrected chi connectivity index (χ1v) is 7.34. The topological polar surface area (TPSA) is 85.3 Å². The molecular weight excluding hydrogens is 302 g/mol. The van der Waals surface area contributed by atoms with E-state index in [0.717, 1.165) is 6.42 Å². The molecule has 7 nitrogen and oxygen atoms in total. The summed E-state index contributed by atoms with van der Waals surface area (Å²) in [5.74, 6) is 0.0872. The maximum absolute atomic E-state index is 12.8. The zero-order valence-electron chi connectivity index (χ0n) is 13.5. The molecule has 1 heterocycles. The molecule has 0 bridgehead atoms. The van der Waals surface area contributed by atoms with Gasteiger partial charge in [-0.3, -0.25) is 9.59 Å². The van der Waals surface area contributed by atoms with Crippen molar-refractivity contribution in [2.45, 2.75) is 25.3 Å². The zero-order chi connectivity index (χ0) is 17.0. The van der Waals surface area contributed by atoms with Crippen LogP contribution < -0.4 is 14.2 Å². The van der Waals surface area contributed by atoms with Gasteiger partial charge in [-0.15, -0.1) is 0 Å². The van der Waals surface area contributed by atoms with Crippen LogP contribution in [0.2, 0.25) is 0 Å². The Morgan fingerprint density at radius 3 is 2.30 bits per heavy atom. The highest BCUT2D eigenvalue weighted by Gasteiger charge is 2.32. The molecule has 1 fully saturated rings. The van der Waals surface area contributed by atoms with Crippen molar-refractivity contribution >= 4 is 11.9 Å². The Labute approximate surface area is 134 Å². The fourth-order valence-electron chi connectivity index (χ4n) is 2.87. The second-order valence-corrected chi connectivity index (χ2v) is 5.30. The summed E-state index contributed by atoms with van der Waals surface area (Å²) in [7, 11) is 4.46. The van der Waals surface area contributed by atoms with Gasteiger partial charge in [0.2, 0.25) is 0 Å². The Kier molecular flexibility index (Phi) is 5.31. The molecule has 1 aromatic rings. The van der Waals surface area contributed by atoms with Crippen molar-refractivity contribution in [1.29, 1.82) is 0 Å². The number of carbonyl (C=O) groups excluding carboxylic acids is 1. The molecule has 1 amide bonds. The minimum atomic E-state index is -0.908. The highest BCUT2D eigenvalue weighted by Crippen LogP contribution is 2.36. The molecule has 1 saturated heterocycles. The van der Waals surface area contributed by atoms with Crippen molar-refractivity contribution in [3.63, 3.8) is 0 Å². The van der Waals surface area contributed by atoms with Gasteiger partial charge in [-0.1, -0.05) is 0 Å². The summed E-state index contributed by atoms with van der Waals surface area (Å²) in [4.78, 5) is 25.4. The van der Waals surface area contributed by atoms with Crippen molar-refractivity contribution in [2.75, 3.05) is 27.9 Å². The number of hydrogen-bond acceptors (Lipinski definition) is 5. The molecule has 7 heteroatoms. The largest absolute Gasteiger partial charge is 0.496 e. The van der Waals surface area contributed by atoms with Crippen LogP contribution in [-0.4, -0.2) is 55.8 Å². The molecule has 23 heavy (non-hydrogen) atoms. The van der Waals surface area contributed by atoms with Crippen molar-refractivity contribution in [3.8, 4) is 17.2 Å². The van der Waals surface area contributed by atoms with Crippen molar-refractivity contribution in [2.24, 2.45) is 0 Å². The van der Waals surface area contributed by atoms with E-state index in [-0.39, 0.29) is 18.4 Å². The first-order valence-electron chi connectivity index (χ1n) is 7.34. The molecule has 0 spiro atoms. The number of carbonyl (C=O) groups is 2. The van der Waals surface area contributed by atoms with Crippen LogP contribution in [0.4, 0.5) is 0 Å². The molecule has 0 aromatic heterocycles. The number of nitrogens with zero attached hydrogens (tertiary/aromatic N) is 1. The van der Waals surface area contributed by atoms with Gasteiger partial charge in [0.05, 0.1) is 33.3 Å². The molecule has 1 aliphatic rings. The Balaban J connectivity index is 2.36. The molecule has 0 aliphatic carbocycles. The van der Waals surface area contributed by atoms with E-state index >= 15 is 0 Å². The average molecular weight is 323 g/mol. The highest BCUT2D eigenvalue weighted by molar-refractivity contribution is 5.98. The molecule has 0 saturated carbocycles. The predicted molar refractivity (Wildman–Crippen MR) is 82.4 cm³/mol. The van der Waals surface area contributed by atoms with Crippen molar-refractivity contribution in [1.82, 2.24) is 4.90 Å². The summed E-state index contributed by atoms with van der Waals surface area (Å²) in [6.45, 7) is 0.536. The van der Waals surface area contributed by atoms with E-state index in [9.17, 15) is 9.59 Å². The Bertz CT molecular complexity index is 600. The lowest BCUT2D eigenvalue weighted by atomic mass is 10.1. The van der Waals surface area contributed by atoms with Gasteiger partial charge in [0.25, 0.3) is 5.91 Å². The quantitative estimate of drug-likeness (QED) is 0.859. The maximum Gasteiger partial charge on any atom is 0.305 e. The minimum Gasteiger partial charge on any atom is -0.496 e. The number of methoxy groups -OCH3 is 3. The van der Waals surface area contributed by atoms with Gasteiger partial charge in [0, 0.05) is 24.7 Å². The first-order chi connectivity index (χ1) is 11.0. The summed E-state index contributed by atoms with van der Waals surface area (Å²) in [6, 6.07) is 2.86. The van der Waals surface area contributed by atoms with Crippen LogP contribution in [0.5, 0.6) is 17.2 Å². The Morgan fingerprint density at radius 2 is 1.74 bits per heavy atom. The standard InChI is InChI=1S/C16H21NO6/c1-21-12-9-14(23-3)13(22-2)8-11(12)16(20)17-6-4-5-10(17)7-15(18)19/h8-10H,4-7H2,1-3H3,(H,18,19). The molecule has 1 aromatic carbocycles. The van der Waals surface area contributed by atoms with E-state index in [1.54, 1.807) is 17.0 Å². The van der Waals surface area contributed by atoms with E-state index in [1.165, 1.54) is 21.3 Å². The van der Waals surface area contributed by atoms with Gasteiger partial charge < -0.3 is 24.2 Å². The van der Waals surface area contributed by atoms with Gasteiger partial charge in [-0.25, -0.2) is 0 Å². The van der Waals surface area contributed by atoms with Gasteiger partial charge in [0.15, 0.2) is 11.5 Å². The van der Waals surface area contributed by atoms with E-state index in [1.807, 2.05) is 0 Å². The number of benzene rings is 1. The maximum atomic E-state index is 12.8. The summed E-state index contributed by atoms with van der Waals surface area (Å²) in [5, 5.41) is 9.00. The molecule has 1 aliphatic heterocycles. The number of likely N-dealkylation sites (tertiary alicyclic amines) is 1. The fraction of sp³-hybridized carbons (Fsp3) is 0.500.